The van der Waals surface area contributed by atoms with Gasteiger partial charge in [-0.2, -0.15) is 4.31 Å². The molecule has 7 heteroatoms. The van der Waals surface area contributed by atoms with Gasteiger partial charge in [-0.05, 0) is 30.4 Å². The first kappa shape index (κ1) is 16.3. The lowest BCUT2D eigenvalue weighted by Crippen LogP contribution is -2.42. The van der Waals surface area contributed by atoms with Gasteiger partial charge in [0.25, 0.3) is 0 Å². The lowest BCUT2D eigenvalue weighted by molar-refractivity contribution is 0.222. The second kappa shape index (κ2) is 5.98. The molecule has 2 N–H and O–H groups in total. The van der Waals surface area contributed by atoms with Gasteiger partial charge in [0.05, 0.1) is 0 Å². The molecule has 1 aromatic rings. The van der Waals surface area contributed by atoms with Crippen molar-refractivity contribution in [3.05, 3.63) is 29.3 Å². The minimum Gasteiger partial charge on any atom is -0.326 e. The van der Waals surface area contributed by atoms with Crippen molar-refractivity contribution in [3.63, 3.8) is 0 Å². The van der Waals surface area contributed by atoms with Crippen LogP contribution in [-0.4, -0.2) is 25.8 Å². The number of benzene rings is 1. The fourth-order valence-electron chi connectivity index (χ4n) is 2.90. The number of halogens is 2. The smallest absolute Gasteiger partial charge is 0.246 e. The Labute approximate surface area is 124 Å². The number of nitrogens with zero attached hydrogens (tertiary/aromatic N) is 1. The van der Waals surface area contributed by atoms with Crippen LogP contribution < -0.4 is 5.73 Å². The first-order valence-corrected chi connectivity index (χ1v) is 8.38. The van der Waals surface area contributed by atoms with Crippen LogP contribution in [0.1, 0.15) is 25.8 Å². The molecule has 4 nitrogen and oxygen atoms in total. The van der Waals surface area contributed by atoms with E-state index in [0.29, 0.717) is 13.1 Å². The fourth-order valence-corrected chi connectivity index (χ4v) is 4.67. The van der Waals surface area contributed by atoms with Crippen LogP contribution in [0.5, 0.6) is 0 Å². The van der Waals surface area contributed by atoms with E-state index < -0.39 is 32.1 Å². The van der Waals surface area contributed by atoms with Gasteiger partial charge in [0.2, 0.25) is 10.0 Å². The SMILES string of the molecule is CC1CC(C)CN(S(=O)(=O)c2ccc(F)c(CN)c2F)C1. The Balaban J connectivity index is 2.45. The van der Waals surface area contributed by atoms with Crippen LogP contribution in [-0.2, 0) is 16.6 Å². The summed E-state index contributed by atoms with van der Waals surface area (Å²) in [6, 6.07) is 1.93. The predicted octanol–water partition coefficient (Wildman–Crippen LogP) is 2.09. The number of rotatable bonds is 3. The summed E-state index contributed by atoms with van der Waals surface area (Å²) in [6.45, 7) is 4.24. The maximum Gasteiger partial charge on any atom is 0.246 e. The summed E-state index contributed by atoms with van der Waals surface area (Å²) < 4.78 is 54.2. The molecule has 1 aliphatic heterocycles. The van der Waals surface area contributed by atoms with Crippen LogP contribution in [0.2, 0.25) is 0 Å². The molecule has 2 rings (SSSR count). The van der Waals surface area contributed by atoms with E-state index in [0.717, 1.165) is 18.6 Å². The van der Waals surface area contributed by atoms with Crippen molar-refractivity contribution in [2.45, 2.75) is 31.7 Å². The maximum atomic E-state index is 14.3. The summed E-state index contributed by atoms with van der Waals surface area (Å²) in [5, 5.41) is 0. The molecule has 1 aliphatic rings. The highest BCUT2D eigenvalue weighted by atomic mass is 32.2. The van der Waals surface area contributed by atoms with E-state index in [9.17, 15) is 17.2 Å². The normalized spacial score (nSPS) is 24.2. The Morgan fingerprint density at radius 1 is 1.24 bits per heavy atom. The molecule has 118 valence electrons. The van der Waals surface area contributed by atoms with E-state index in [1.54, 1.807) is 0 Å². The molecule has 0 spiro atoms. The molecule has 0 radical (unpaired) electrons. The van der Waals surface area contributed by atoms with Crippen molar-refractivity contribution in [1.29, 1.82) is 0 Å². The molecule has 1 saturated heterocycles. The van der Waals surface area contributed by atoms with Gasteiger partial charge < -0.3 is 5.73 Å². The molecular formula is C14H20F2N2O2S. The monoisotopic (exact) mass is 318 g/mol. The van der Waals surface area contributed by atoms with Crippen molar-refractivity contribution in [3.8, 4) is 0 Å². The highest BCUT2D eigenvalue weighted by Crippen LogP contribution is 2.29. The average Bonchev–Trinajstić information content (AvgIpc) is 2.37. The largest absolute Gasteiger partial charge is 0.326 e. The van der Waals surface area contributed by atoms with E-state index in [1.807, 2.05) is 13.8 Å². The highest BCUT2D eigenvalue weighted by Gasteiger charge is 2.34. The first-order chi connectivity index (χ1) is 9.77. The van der Waals surface area contributed by atoms with Gasteiger partial charge in [-0.15, -0.1) is 0 Å². The summed E-state index contributed by atoms with van der Waals surface area (Å²) in [6.07, 6.45) is 0.936. The number of hydrogen-bond acceptors (Lipinski definition) is 3. The number of hydrogen-bond donors (Lipinski definition) is 1. The molecule has 0 aliphatic carbocycles. The van der Waals surface area contributed by atoms with Gasteiger partial charge in [0.15, 0.2) is 5.82 Å². The molecule has 0 bridgehead atoms. The Bertz CT molecular complexity index is 624. The third kappa shape index (κ3) is 3.09. The van der Waals surface area contributed by atoms with Gasteiger partial charge in [-0.25, -0.2) is 17.2 Å². The molecule has 1 aromatic carbocycles. The van der Waals surface area contributed by atoms with Gasteiger partial charge in [-0.1, -0.05) is 13.8 Å². The van der Waals surface area contributed by atoms with Crippen molar-refractivity contribution in [2.75, 3.05) is 13.1 Å². The third-order valence-electron chi connectivity index (χ3n) is 3.81. The average molecular weight is 318 g/mol. The molecule has 21 heavy (non-hydrogen) atoms. The zero-order chi connectivity index (χ0) is 15.8. The first-order valence-electron chi connectivity index (χ1n) is 6.94. The van der Waals surface area contributed by atoms with Gasteiger partial charge in [-0.3, -0.25) is 0 Å². The number of sulfonamides is 1. The zero-order valence-corrected chi connectivity index (χ0v) is 13.0. The molecule has 2 atom stereocenters. The molecular weight excluding hydrogens is 298 g/mol. The Kier molecular flexibility index (Phi) is 4.65. The van der Waals surface area contributed by atoms with Crippen LogP contribution in [0.4, 0.5) is 8.78 Å². The van der Waals surface area contributed by atoms with Crippen molar-refractivity contribution >= 4 is 10.0 Å². The van der Waals surface area contributed by atoms with E-state index in [4.69, 9.17) is 5.73 Å². The van der Waals surface area contributed by atoms with E-state index in [-0.39, 0.29) is 18.4 Å². The van der Waals surface area contributed by atoms with E-state index >= 15 is 0 Å². The lowest BCUT2D eigenvalue weighted by Gasteiger charge is -2.34. The minimum absolute atomic E-state index is 0.209. The van der Waals surface area contributed by atoms with Gasteiger partial charge >= 0.3 is 0 Å². The lowest BCUT2D eigenvalue weighted by atomic mass is 9.94. The standard InChI is InChI=1S/C14H20F2N2O2S/c1-9-5-10(2)8-18(7-9)21(19,20)13-4-3-12(15)11(6-17)14(13)16/h3-4,9-10H,5-8,17H2,1-2H3. The third-order valence-corrected chi connectivity index (χ3v) is 5.66. The number of piperidine rings is 1. The van der Waals surface area contributed by atoms with Crippen LogP contribution in [0.25, 0.3) is 0 Å². The quantitative estimate of drug-likeness (QED) is 0.928. The van der Waals surface area contributed by atoms with Crippen molar-refractivity contribution in [1.82, 2.24) is 4.31 Å². The maximum absolute atomic E-state index is 14.3. The predicted molar refractivity (Wildman–Crippen MR) is 76.0 cm³/mol. The summed E-state index contributed by atoms with van der Waals surface area (Å²) in [5.74, 6) is -1.49. The molecule has 1 heterocycles. The molecule has 0 saturated carbocycles. The van der Waals surface area contributed by atoms with Gasteiger partial charge in [0, 0.05) is 25.2 Å². The molecule has 0 aromatic heterocycles. The topological polar surface area (TPSA) is 63.4 Å². The summed E-state index contributed by atoms with van der Waals surface area (Å²) in [7, 11) is -3.97. The van der Waals surface area contributed by atoms with Gasteiger partial charge in [0.1, 0.15) is 10.7 Å². The molecule has 1 fully saturated rings. The Hall–Kier alpha value is -1.05. The van der Waals surface area contributed by atoms with Crippen LogP contribution in [0.3, 0.4) is 0 Å². The summed E-state index contributed by atoms with van der Waals surface area (Å²) in [4.78, 5) is -0.495. The van der Waals surface area contributed by atoms with E-state index in [2.05, 4.69) is 0 Å². The van der Waals surface area contributed by atoms with Crippen LogP contribution >= 0.6 is 0 Å². The second-order valence-corrected chi connectivity index (χ2v) is 7.72. The summed E-state index contributed by atoms with van der Waals surface area (Å²) in [5.41, 5.74) is 4.90. The highest BCUT2D eigenvalue weighted by molar-refractivity contribution is 7.89. The zero-order valence-electron chi connectivity index (χ0n) is 12.1. The Morgan fingerprint density at radius 3 is 2.33 bits per heavy atom. The van der Waals surface area contributed by atoms with Crippen LogP contribution in [0, 0.1) is 23.5 Å². The van der Waals surface area contributed by atoms with Crippen molar-refractivity contribution in [2.24, 2.45) is 17.6 Å². The fraction of sp³-hybridized carbons (Fsp3) is 0.571. The number of nitrogens with two attached hydrogens (primary N) is 1. The second-order valence-electron chi connectivity index (χ2n) is 5.81. The minimum atomic E-state index is -3.97. The van der Waals surface area contributed by atoms with Crippen molar-refractivity contribution < 1.29 is 17.2 Å². The molecule has 2 unspecified atom stereocenters. The van der Waals surface area contributed by atoms with E-state index in [1.165, 1.54) is 4.31 Å². The molecule has 0 amide bonds. The summed E-state index contributed by atoms with van der Waals surface area (Å²) >= 11 is 0. The Morgan fingerprint density at radius 2 is 1.81 bits per heavy atom. The van der Waals surface area contributed by atoms with Crippen LogP contribution in [0.15, 0.2) is 17.0 Å².